The highest BCUT2D eigenvalue weighted by molar-refractivity contribution is 8.00. The molecule has 0 spiro atoms. The summed E-state index contributed by atoms with van der Waals surface area (Å²) >= 11 is 1.83. The van der Waals surface area contributed by atoms with E-state index < -0.39 is 0 Å². The van der Waals surface area contributed by atoms with Gasteiger partial charge in [-0.25, -0.2) is 0 Å². The lowest BCUT2D eigenvalue weighted by atomic mass is 9.91. The first-order chi connectivity index (χ1) is 10.3. The molecule has 2 aliphatic rings. The van der Waals surface area contributed by atoms with Gasteiger partial charge in [0.2, 0.25) is 5.91 Å². The number of amides is 1. The molecule has 2 atom stereocenters. The smallest absolute Gasteiger partial charge is 0.235 e. The molecule has 1 aliphatic carbocycles. The second-order valence-electron chi connectivity index (χ2n) is 5.80. The Morgan fingerprint density at radius 3 is 2.90 bits per heavy atom. The highest BCUT2D eigenvalue weighted by Crippen LogP contribution is 2.41. The normalized spacial score (nSPS) is 23.5. The van der Waals surface area contributed by atoms with Crippen LogP contribution in [0.3, 0.4) is 0 Å². The van der Waals surface area contributed by atoms with Crippen molar-refractivity contribution in [2.45, 2.75) is 36.7 Å². The SMILES string of the molecule is C[C@H](S[C@H]1CCCc2ccccc21)C(=O)N1CCOCC1. The van der Waals surface area contributed by atoms with Crippen LogP contribution in [0.1, 0.15) is 36.1 Å². The zero-order chi connectivity index (χ0) is 14.7. The van der Waals surface area contributed by atoms with Crippen molar-refractivity contribution in [3.63, 3.8) is 0 Å². The summed E-state index contributed by atoms with van der Waals surface area (Å²) in [6.45, 7) is 4.89. The first-order valence-corrected chi connectivity index (χ1v) is 8.80. The topological polar surface area (TPSA) is 29.5 Å². The van der Waals surface area contributed by atoms with E-state index in [1.54, 1.807) is 0 Å². The van der Waals surface area contributed by atoms with Gasteiger partial charge >= 0.3 is 0 Å². The first kappa shape index (κ1) is 14.9. The quantitative estimate of drug-likeness (QED) is 0.859. The van der Waals surface area contributed by atoms with Gasteiger partial charge in [0.1, 0.15) is 0 Å². The van der Waals surface area contributed by atoms with Crippen LogP contribution in [-0.4, -0.2) is 42.4 Å². The summed E-state index contributed by atoms with van der Waals surface area (Å²) in [5.74, 6) is 0.270. The number of ether oxygens (including phenoxy) is 1. The second kappa shape index (κ2) is 6.84. The fourth-order valence-electron chi connectivity index (χ4n) is 3.20. The Labute approximate surface area is 131 Å². The predicted octanol–water partition coefficient (Wildman–Crippen LogP) is 3.04. The van der Waals surface area contributed by atoms with Crippen LogP contribution < -0.4 is 0 Å². The van der Waals surface area contributed by atoms with Crippen molar-refractivity contribution in [2.24, 2.45) is 0 Å². The van der Waals surface area contributed by atoms with Crippen molar-refractivity contribution in [1.82, 2.24) is 4.90 Å². The lowest BCUT2D eigenvalue weighted by Gasteiger charge is -2.31. The molecule has 0 bridgehead atoms. The Balaban J connectivity index is 1.65. The van der Waals surface area contributed by atoms with Gasteiger partial charge in [-0.2, -0.15) is 0 Å². The zero-order valence-corrected chi connectivity index (χ0v) is 13.4. The highest BCUT2D eigenvalue weighted by Gasteiger charge is 2.28. The zero-order valence-electron chi connectivity index (χ0n) is 12.6. The fourth-order valence-corrected chi connectivity index (χ4v) is 4.63. The third-order valence-electron chi connectivity index (χ3n) is 4.35. The standard InChI is InChI=1S/C17H23NO2S/c1-13(17(19)18-9-11-20-12-10-18)21-16-8-4-6-14-5-2-3-7-15(14)16/h2-3,5,7,13,16H,4,6,8-12H2,1H3/t13-,16-/m0/s1. The molecule has 1 aliphatic heterocycles. The average Bonchev–Trinajstić information content (AvgIpc) is 2.55. The van der Waals surface area contributed by atoms with E-state index in [0.29, 0.717) is 18.5 Å². The van der Waals surface area contributed by atoms with Gasteiger partial charge in [0.15, 0.2) is 0 Å². The number of aryl methyl sites for hydroxylation is 1. The number of thioether (sulfide) groups is 1. The number of morpholine rings is 1. The molecule has 3 rings (SSSR count). The first-order valence-electron chi connectivity index (χ1n) is 7.85. The minimum absolute atomic E-state index is 0.0271. The van der Waals surface area contributed by atoms with Crippen LogP contribution in [0.4, 0.5) is 0 Å². The van der Waals surface area contributed by atoms with Crippen molar-refractivity contribution < 1.29 is 9.53 Å². The molecule has 114 valence electrons. The van der Waals surface area contributed by atoms with E-state index in [2.05, 4.69) is 31.2 Å². The maximum atomic E-state index is 12.5. The molecule has 4 heteroatoms. The fraction of sp³-hybridized carbons (Fsp3) is 0.588. The Morgan fingerprint density at radius 2 is 2.10 bits per heavy atom. The molecule has 1 amide bonds. The summed E-state index contributed by atoms with van der Waals surface area (Å²) in [5.41, 5.74) is 2.91. The summed E-state index contributed by atoms with van der Waals surface area (Å²) < 4.78 is 5.33. The molecule has 21 heavy (non-hydrogen) atoms. The number of carbonyl (C=O) groups excluding carboxylic acids is 1. The van der Waals surface area contributed by atoms with Crippen LogP contribution in [0.25, 0.3) is 0 Å². The van der Waals surface area contributed by atoms with Crippen molar-refractivity contribution in [2.75, 3.05) is 26.3 Å². The summed E-state index contributed by atoms with van der Waals surface area (Å²) in [6, 6.07) is 8.70. The predicted molar refractivity (Wildman–Crippen MR) is 86.6 cm³/mol. The number of fused-ring (bicyclic) bond motifs is 1. The molecule has 1 fully saturated rings. The largest absolute Gasteiger partial charge is 0.378 e. The molecule has 0 unspecified atom stereocenters. The number of hydrogen-bond donors (Lipinski definition) is 0. The van der Waals surface area contributed by atoms with E-state index in [1.807, 2.05) is 16.7 Å². The Hall–Kier alpha value is -1.00. The molecule has 1 heterocycles. The van der Waals surface area contributed by atoms with E-state index in [0.717, 1.165) is 13.1 Å². The van der Waals surface area contributed by atoms with Gasteiger partial charge in [-0.1, -0.05) is 24.3 Å². The van der Waals surface area contributed by atoms with Gasteiger partial charge in [0.25, 0.3) is 0 Å². The van der Waals surface area contributed by atoms with Gasteiger partial charge in [-0.15, -0.1) is 11.8 Å². The molecule has 1 saturated heterocycles. The van der Waals surface area contributed by atoms with Gasteiger partial charge in [-0.3, -0.25) is 4.79 Å². The number of benzene rings is 1. The average molecular weight is 305 g/mol. The highest BCUT2D eigenvalue weighted by atomic mass is 32.2. The van der Waals surface area contributed by atoms with Crippen molar-refractivity contribution >= 4 is 17.7 Å². The number of carbonyl (C=O) groups is 1. The Bertz CT molecular complexity index is 499. The molecular weight excluding hydrogens is 282 g/mol. The Morgan fingerprint density at radius 1 is 1.33 bits per heavy atom. The van der Waals surface area contributed by atoms with Crippen LogP contribution in [0.5, 0.6) is 0 Å². The summed E-state index contributed by atoms with van der Waals surface area (Å²) in [7, 11) is 0. The van der Waals surface area contributed by atoms with E-state index >= 15 is 0 Å². The van der Waals surface area contributed by atoms with E-state index in [-0.39, 0.29) is 11.2 Å². The molecule has 0 aromatic heterocycles. The van der Waals surface area contributed by atoms with Gasteiger partial charge in [-0.05, 0) is 37.3 Å². The molecule has 0 N–H and O–H groups in total. The maximum absolute atomic E-state index is 12.5. The van der Waals surface area contributed by atoms with E-state index in [4.69, 9.17) is 4.74 Å². The molecule has 0 radical (unpaired) electrons. The molecule has 0 saturated carbocycles. The lowest BCUT2D eigenvalue weighted by molar-refractivity contribution is -0.134. The van der Waals surface area contributed by atoms with Crippen molar-refractivity contribution in [3.8, 4) is 0 Å². The summed E-state index contributed by atoms with van der Waals surface area (Å²) in [6.07, 6.45) is 3.59. The maximum Gasteiger partial charge on any atom is 0.235 e. The number of rotatable bonds is 3. The van der Waals surface area contributed by atoms with Crippen molar-refractivity contribution in [3.05, 3.63) is 35.4 Å². The van der Waals surface area contributed by atoms with Crippen molar-refractivity contribution in [1.29, 1.82) is 0 Å². The number of hydrogen-bond acceptors (Lipinski definition) is 3. The van der Waals surface area contributed by atoms with Gasteiger partial charge < -0.3 is 9.64 Å². The molecule has 3 nitrogen and oxygen atoms in total. The van der Waals surface area contributed by atoms with Gasteiger partial charge in [0.05, 0.1) is 18.5 Å². The molecule has 1 aromatic carbocycles. The number of nitrogens with zero attached hydrogens (tertiary/aromatic N) is 1. The minimum Gasteiger partial charge on any atom is -0.378 e. The molecule has 1 aromatic rings. The lowest BCUT2D eigenvalue weighted by Crippen LogP contribution is -2.44. The van der Waals surface area contributed by atoms with Crippen LogP contribution in [0.15, 0.2) is 24.3 Å². The second-order valence-corrected chi connectivity index (χ2v) is 7.34. The van der Waals surface area contributed by atoms with Gasteiger partial charge in [0, 0.05) is 18.3 Å². The molecular formula is C17H23NO2S. The van der Waals surface area contributed by atoms with Crippen LogP contribution in [0.2, 0.25) is 0 Å². The summed E-state index contributed by atoms with van der Waals surface area (Å²) in [5, 5.41) is 0.495. The third kappa shape index (κ3) is 3.43. The van der Waals surface area contributed by atoms with Crippen LogP contribution >= 0.6 is 11.8 Å². The Kier molecular flexibility index (Phi) is 4.86. The van der Waals surface area contributed by atoms with Crippen LogP contribution in [0, 0.1) is 0 Å². The van der Waals surface area contributed by atoms with E-state index in [1.165, 1.54) is 30.4 Å². The van der Waals surface area contributed by atoms with E-state index in [9.17, 15) is 4.79 Å². The monoisotopic (exact) mass is 305 g/mol. The van der Waals surface area contributed by atoms with Crippen LogP contribution in [-0.2, 0) is 16.0 Å². The summed E-state index contributed by atoms with van der Waals surface area (Å²) in [4.78, 5) is 14.5. The minimum atomic E-state index is 0.0271. The third-order valence-corrected chi connectivity index (χ3v) is 5.78.